The minimum atomic E-state index is -0.136. The number of nitrogens with two attached hydrogens (primary N) is 1. The molecule has 0 radical (unpaired) electrons. The van der Waals surface area contributed by atoms with Gasteiger partial charge in [-0.1, -0.05) is 26.0 Å². The Morgan fingerprint density at radius 1 is 1.00 bits per heavy atom. The van der Waals surface area contributed by atoms with Gasteiger partial charge in [0.05, 0.1) is 0 Å². The topological polar surface area (TPSA) is 35.2 Å². The van der Waals surface area contributed by atoms with Crippen molar-refractivity contribution in [3.63, 3.8) is 0 Å². The Bertz CT molecular complexity index is 360. The molecule has 0 aliphatic carbocycles. The summed E-state index contributed by atoms with van der Waals surface area (Å²) >= 11 is 0. The van der Waals surface area contributed by atoms with Crippen LogP contribution in [0.3, 0.4) is 0 Å². The second-order valence-corrected chi connectivity index (χ2v) is 6.73. The minimum absolute atomic E-state index is 0.136. The Labute approximate surface area is 112 Å². The molecule has 18 heavy (non-hydrogen) atoms. The summed E-state index contributed by atoms with van der Waals surface area (Å²) in [6.07, 6.45) is 2.18. The lowest BCUT2D eigenvalue weighted by Crippen LogP contribution is -2.24. The van der Waals surface area contributed by atoms with Crippen molar-refractivity contribution >= 4 is 0 Å². The van der Waals surface area contributed by atoms with Gasteiger partial charge in [-0.25, -0.2) is 0 Å². The van der Waals surface area contributed by atoms with Gasteiger partial charge in [-0.15, -0.1) is 0 Å². The van der Waals surface area contributed by atoms with Crippen LogP contribution in [0.4, 0.5) is 0 Å². The lowest BCUT2D eigenvalue weighted by molar-refractivity contribution is 0.131. The zero-order chi connectivity index (χ0) is 13.8. The van der Waals surface area contributed by atoms with Gasteiger partial charge in [0, 0.05) is 0 Å². The number of ether oxygens (including phenoxy) is 1. The van der Waals surface area contributed by atoms with Crippen LogP contribution >= 0.6 is 0 Å². The molecule has 0 unspecified atom stereocenters. The van der Waals surface area contributed by atoms with Gasteiger partial charge in [-0.2, -0.15) is 0 Å². The molecule has 2 N–H and O–H groups in total. The van der Waals surface area contributed by atoms with Crippen molar-refractivity contribution in [1.29, 1.82) is 0 Å². The first-order chi connectivity index (χ1) is 8.22. The van der Waals surface area contributed by atoms with E-state index in [1.807, 2.05) is 0 Å². The molecule has 1 rings (SSSR count). The Hall–Kier alpha value is -1.02. The van der Waals surface area contributed by atoms with E-state index < -0.39 is 0 Å². The predicted molar refractivity (Wildman–Crippen MR) is 78.0 cm³/mol. The molecule has 0 fully saturated rings. The molecular weight excluding hydrogens is 222 g/mol. The van der Waals surface area contributed by atoms with E-state index in [0.717, 1.165) is 25.1 Å². The number of aryl methyl sites for hydroxylation is 1. The molecule has 102 valence electrons. The first kappa shape index (κ1) is 15.0. The summed E-state index contributed by atoms with van der Waals surface area (Å²) in [5.74, 6) is 0.935. The zero-order valence-electron chi connectivity index (χ0n) is 12.4. The molecule has 0 saturated carbocycles. The van der Waals surface area contributed by atoms with Crippen molar-refractivity contribution in [2.75, 3.05) is 6.54 Å². The van der Waals surface area contributed by atoms with Crippen LogP contribution in [0.1, 0.15) is 46.6 Å². The molecule has 0 amide bonds. The van der Waals surface area contributed by atoms with E-state index in [2.05, 4.69) is 58.9 Å². The fourth-order valence-electron chi connectivity index (χ4n) is 1.66. The van der Waals surface area contributed by atoms with Crippen molar-refractivity contribution in [2.24, 2.45) is 11.1 Å². The fourth-order valence-corrected chi connectivity index (χ4v) is 1.66. The molecule has 1 aromatic rings. The Balaban J connectivity index is 2.56. The third-order valence-electron chi connectivity index (χ3n) is 2.99. The number of hydrogen-bond acceptors (Lipinski definition) is 2. The van der Waals surface area contributed by atoms with Crippen LogP contribution in [0, 0.1) is 5.41 Å². The average Bonchev–Trinajstić information content (AvgIpc) is 2.26. The van der Waals surface area contributed by atoms with Crippen LogP contribution in [0.5, 0.6) is 5.75 Å². The van der Waals surface area contributed by atoms with E-state index in [0.29, 0.717) is 0 Å². The molecule has 0 aliphatic heterocycles. The quantitative estimate of drug-likeness (QED) is 0.862. The highest BCUT2D eigenvalue weighted by atomic mass is 16.5. The summed E-state index contributed by atoms with van der Waals surface area (Å²) in [6.45, 7) is 11.3. The molecule has 0 aromatic heterocycles. The zero-order valence-corrected chi connectivity index (χ0v) is 12.4. The lowest BCUT2D eigenvalue weighted by Gasteiger charge is -2.23. The highest BCUT2D eigenvalue weighted by Crippen LogP contribution is 2.23. The lowest BCUT2D eigenvalue weighted by atomic mass is 9.86. The van der Waals surface area contributed by atoms with Gasteiger partial charge < -0.3 is 10.5 Å². The van der Waals surface area contributed by atoms with E-state index in [9.17, 15) is 0 Å². The van der Waals surface area contributed by atoms with Gasteiger partial charge in [0.1, 0.15) is 11.4 Å². The smallest absolute Gasteiger partial charge is 0.120 e. The number of rotatable bonds is 5. The van der Waals surface area contributed by atoms with E-state index in [-0.39, 0.29) is 11.0 Å². The van der Waals surface area contributed by atoms with Crippen molar-refractivity contribution in [3.05, 3.63) is 29.8 Å². The van der Waals surface area contributed by atoms with Crippen molar-refractivity contribution < 1.29 is 4.74 Å². The SMILES string of the molecule is CC(C)(CN)CCc1ccc(OC(C)(C)C)cc1. The minimum Gasteiger partial charge on any atom is -0.488 e. The van der Waals surface area contributed by atoms with Crippen molar-refractivity contribution in [1.82, 2.24) is 0 Å². The highest BCUT2D eigenvalue weighted by Gasteiger charge is 2.15. The van der Waals surface area contributed by atoms with Gasteiger partial charge in [0.15, 0.2) is 0 Å². The van der Waals surface area contributed by atoms with E-state index in [4.69, 9.17) is 10.5 Å². The summed E-state index contributed by atoms with van der Waals surface area (Å²) in [4.78, 5) is 0. The van der Waals surface area contributed by atoms with Crippen LogP contribution in [-0.2, 0) is 6.42 Å². The number of hydrogen-bond donors (Lipinski definition) is 1. The van der Waals surface area contributed by atoms with E-state index in [1.54, 1.807) is 0 Å². The third-order valence-corrected chi connectivity index (χ3v) is 2.99. The van der Waals surface area contributed by atoms with Gasteiger partial charge in [-0.3, -0.25) is 0 Å². The van der Waals surface area contributed by atoms with Crippen LogP contribution in [0.15, 0.2) is 24.3 Å². The number of benzene rings is 1. The Morgan fingerprint density at radius 3 is 2.00 bits per heavy atom. The summed E-state index contributed by atoms with van der Waals surface area (Å²) < 4.78 is 5.80. The molecule has 0 atom stereocenters. The summed E-state index contributed by atoms with van der Waals surface area (Å²) in [6, 6.07) is 8.40. The van der Waals surface area contributed by atoms with Gasteiger partial charge in [0.2, 0.25) is 0 Å². The summed E-state index contributed by atoms with van der Waals surface area (Å²) in [7, 11) is 0. The highest BCUT2D eigenvalue weighted by molar-refractivity contribution is 5.27. The first-order valence-electron chi connectivity index (χ1n) is 6.70. The Kier molecular flexibility index (Phi) is 4.80. The fraction of sp³-hybridized carbons (Fsp3) is 0.625. The maximum Gasteiger partial charge on any atom is 0.120 e. The molecule has 0 heterocycles. The molecular formula is C16H27NO. The first-order valence-corrected chi connectivity index (χ1v) is 6.70. The predicted octanol–water partition coefficient (Wildman–Crippen LogP) is 3.78. The molecule has 0 spiro atoms. The summed E-state index contributed by atoms with van der Waals surface area (Å²) in [5, 5.41) is 0. The normalized spacial score (nSPS) is 12.6. The van der Waals surface area contributed by atoms with Crippen LogP contribution < -0.4 is 10.5 Å². The molecule has 0 aliphatic rings. The third kappa shape index (κ3) is 5.54. The Morgan fingerprint density at radius 2 is 1.56 bits per heavy atom. The molecule has 2 heteroatoms. The average molecular weight is 249 g/mol. The molecule has 2 nitrogen and oxygen atoms in total. The molecule has 1 aromatic carbocycles. The van der Waals surface area contributed by atoms with E-state index in [1.165, 1.54) is 5.56 Å². The molecule has 0 saturated heterocycles. The van der Waals surface area contributed by atoms with Crippen LogP contribution in [0.2, 0.25) is 0 Å². The summed E-state index contributed by atoms with van der Waals surface area (Å²) in [5.41, 5.74) is 7.18. The van der Waals surface area contributed by atoms with Gasteiger partial charge in [-0.05, 0) is 63.3 Å². The molecule has 0 bridgehead atoms. The second kappa shape index (κ2) is 5.75. The standard InChI is InChI=1S/C16H27NO/c1-15(2,3)18-14-8-6-13(7-9-14)10-11-16(4,5)12-17/h6-9H,10-12,17H2,1-5H3. The van der Waals surface area contributed by atoms with Crippen molar-refractivity contribution in [2.45, 2.75) is 53.1 Å². The maximum absolute atomic E-state index is 5.80. The van der Waals surface area contributed by atoms with Crippen LogP contribution in [-0.4, -0.2) is 12.1 Å². The van der Waals surface area contributed by atoms with Gasteiger partial charge in [0.25, 0.3) is 0 Å². The van der Waals surface area contributed by atoms with Gasteiger partial charge >= 0.3 is 0 Å². The van der Waals surface area contributed by atoms with E-state index >= 15 is 0 Å². The maximum atomic E-state index is 5.80. The largest absolute Gasteiger partial charge is 0.488 e. The second-order valence-electron chi connectivity index (χ2n) is 6.73. The van der Waals surface area contributed by atoms with Crippen molar-refractivity contribution in [3.8, 4) is 5.75 Å². The monoisotopic (exact) mass is 249 g/mol. The van der Waals surface area contributed by atoms with Crippen LogP contribution in [0.25, 0.3) is 0 Å².